The van der Waals surface area contributed by atoms with Gasteiger partial charge in [-0.3, -0.25) is 9.69 Å². The molecule has 0 bridgehead atoms. The Morgan fingerprint density at radius 1 is 1.29 bits per heavy atom. The Hall–Kier alpha value is -1.39. The number of carbonyl (C=O) groups excluding carboxylic acids is 1. The fourth-order valence-corrected chi connectivity index (χ4v) is 2.07. The average Bonchev–Trinajstić information content (AvgIpc) is 2.41. The Bertz CT molecular complexity index is 446. The van der Waals surface area contributed by atoms with Gasteiger partial charge in [-0.25, -0.2) is 0 Å². The standard InChI is InChI=1S/C17H29N3O/c1-6-20(13(2)3)11-14-7-9-15(10-8-14)16(21)19-12-17(4,5)18/h7-10,13H,6,11-12,18H2,1-5H3,(H,19,21). The molecule has 0 atom stereocenters. The highest BCUT2D eigenvalue weighted by molar-refractivity contribution is 5.94. The van der Waals surface area contributed by atoms with E-state index >= 15 is 0 Å². The summed E-state index contributed by atoms with van der Waals surface area (Å²) in [7, 11) is 0. The fraction of sp³-hybridized carbons (Fsp3) is 0.588. The van der Waals surface area contributed by atoms with Gasteiger partial charge >= 0.3 is 0 Å². The molecule has 0 spiro atoms. The van der Waals surface area contributed by atoms with Crippen LogP contribution < -0.4 is 11.1 Å². The third-order valence-corrected chi connectivity index (χ3v) is 3.44. The van der Waals surface area contributed by atoms with Crippen molar-refractivity contribution in [2.24, 2.45) is 5.73 Å². The molecule has 1 aromatic carbocycles. The first-order chi connectivity index (χ1) is 9.73. The van der Waals surface area contributed by atoms with Crippen molar-refractivity contribution < 1.29 is 4.79 Å². The van der Waals surface area contributed by atoms with Gasteiger partial charge in [0, 0.05) is 30.2 Å². The van der Waals surface area contributed by atoms with E-state index in [1.807, 2.05) is 38.1 Å². The lowest BCUT2D eigenvalue weighted by Crippen LogP contribution is -2.45. The molecular weight excluding hydrogens is 262 g/mol. The van der Waals surface area contributed by atoms with Gasteiger partial charge in [-0.05, 0) is 51.9 Å². The van der Waals surface area contributed by atoms with Crippen molar-refractivity contribution in [2.75, 3.05) is 13.1 Å². The van der Waals surface area contributed by atoms with Gasteiger partial charge < -0.3 is 11.1 Å². The summed E-state index contributed by atoms with van der Waals surface area (Å²) >= 11 is 0. The molecule has 21 heavy (non-hydrogen) atoms. The summed E-state index contributed by atoms with van der Waals surface area (Å²) in [5.74, 6) is -0.0729. The van der Waals surface area contributed by atoms with E-state index in [9.17, 15) is 4.79 Å². The Balaban J connectivity index is 2.63. The molecule has 0 unspecified atom stereocenters. The van der Waals surface area contributed by atoms with Crippen molar-refractivity contribution >= 4 is 5.91 Å². The summed E-state index contributed by atoms with van der Waals surface area (Å²) in [6.07, 6.45) is 0. The van der Waals surface area contributed by atoms with Crippen LogP contribution in [0.5, 0.6) is 0 Å². The largest absolute Gasteiger partial charge is 0.350 e. The maximum atomic E-state index is 12.0. The summed E-state index contributed by atoms with van der Waals surface area (Å²) in [6, 6.07) is 8.32. The molecule has 0 saturated carbocycles. The average molecular weight is 291 g/mol. The van der Waals surface area contributed by atoms with Gasteiger partial charge in [0.05, 0.1) is 0 Å². The first-order valence-corrected chi connectivity index (χ1v) is 7.63. The number of benzene rings is 1. The van der Waals surface area contributed by atoms with Crippen molar-refractivity contribution in [1.82, 2.24) is 10.2 Å². The molecule has 118 valence electrons. The predicted octanol–water partition coefficient (Wildman–Crippen LogP) is 2.38. The molecule has 3 N–H and O–H groups in total. The van der Waals surface area contributed by atoms with Crippen LogP contribution in [0.4, 0.5) is 0 Å². The summed E-state index contributed by atoms with van der Waals surface area (Å²) in [5, 5.41) is 2.85. The number of carbonyl (C=O) groups is 1. The molecule has 1 aromatic rings. The summed E-state index contributed by atoms with van der Waals surface area (Å²) < 4.78 is 0. The molecule has 0 heterocycles. The summed E-state index contributed by atoms with van der Waals surface area (Å²) in [6.45, 7) is 12.7. The smallest absolute Gasteiger partial charge is 0.251 e. The first-order valence-electron chi connectivity index (χ1n) is 7.63. The molecule has 0 fully saturated rings. The minimum atomic E-state index is -0.394. The van der Waals surface area contributed by atoms with E-state index < -0.39 is 5.54 Å². The van der Waals surface area contributed by atoms with Crippen molar-refractivity contribution in [2.45, 2.75) is 52.7 Å². The first kappa shape index (κ1) is 17.7. The highest BCUT2D eigenvalue weighted by atomic mass is 16.1. The van der Waals surface area contributed by atoms with Crippen LogP contribution in [-0.4, -0.2) is 35.5 Å². The van der Waals surface area contributed by atoms with Gasteiger partial charge in [0.1, 0.15) is 0 Å². The van der Waals surface area contributed by atoms with E-state index in [-0.39, 0.29) is 5.91 Å². The lowest BCUT2D eigenvalue weighted by molar-refractivity contribution is 0.0946. The van der Waals surface area contributed by atoms with E-state index in [1.54, 1.807) is 0 Å². The zero-order chi connectivity index (χ0) is 16.0. The van der Waals surface area contributed by atoms with Gasteiger partial charge in [0.25, 0.3) is 5.91 Å². The van der Waals surface area contributed by atoms with Crippen LogP contribution in [0.3, 0.4) is 0 Å². The van der Waals surface area contributed by atoms with Crippen LogP contribution in [0.15, 0.2) is 24.3 Å². The molecule has 0 aliphatic rings. The van der Waals surface area contributed by atoms with E-state index in [1.165, 1.54) is 5.56 Å². The Kier molecular flexibility index (Phi) is 6.37. The number of nitrogens with two attached hydrogens (primary N) is 1. The quantitative estimate of drug-likeness (QED) is 0.811. The maximum absolute atomic E-state index is 12.0. The molecule has 0 aliphatic heterocycles. The molecule has 0 saturated heterocycles. The highest BCUT2D eigenvalue weighted by Crippen LogP contribution is 2.10. The van der Waals surface area contributed by atoms with Crippen LogP contribution in [0, 0.1) is 0 Å². The molecular formula is C17H29N3O. The summed E-state index contributed by atoms with van der Waals surface area (Å²) in [4.78, 5) is 14.4. The van der Waals surface area contributed by atoms with Gasteiger partial charge in [-0.15, -0.1) is 0 Å². The van der Waals surface area contributed by atoms with E-state index in [0.29, 0.717) is 18.2 Å². The SMILES string of the molecule is CCN(Cc1ccc(C(=O)NCC(C)(C)N)cc1)C(C)C. The predicted molar refractivity (Wildman–Crippen MR) is 88.3 cm³/mol. The third-order valence-electron chi connectivity index (χ3n) is 3.44. The zero-order valence-corrected chi connectivity index (χ0v) is 13.9. The van der Waals surface area contributed by atoms with Crippen molar-refractivity contribution in [1.29, 1.82) is 0 Å². The lowest BCUT2D eigenvalue weighted by atomic mass is 10.1. The summed E-state index contributed by atoms with van der Waals surface area (Å²) in [5.41, 5.74) is 7.37. The van der Waals surface area contributed by atoms with Crippen LogP contribution in [0.25, 0.3) is 0 Å². The van der Waals surface area contributed by atoms with Gasteiger partial charge in [-0.2, -0.15) is 0 Å². The monoisotopic (exact) mass is 291 g/mol. The van der Waals surface area contributed by atoms with Crippen LogP contribution in [0.1, 0.15) is 50.5 Å². The number of rotatable bonds is 7. The Morgan fingerprint density at radius 2 is 1.86 bits per heavy atom. The minimum Gasteiger partial charge on any atom is -0.350 e. The molecule has 4 heteroatoms. The maximum Gasteiger partial charge on any atom is 0.251 e. The van der Waals surface area contributed by atoms with Crippen LogP contribution in [0.2, 0.25) is 0 Å². The topological polar surface area (TPSA) is 58.4 Å². The molecule has 4 nitrogen and oxygen atoms in total. The second-order valence-corrected chi connectivity index (χ2v) is 6.53. The van der Waals surface area contributed by atoms with E-state index in [2.05, 4.69) is 31.0 Å². The van der Waals surface area contributed by atoms with E-state index in [4.69, 9.17) is 5.73 Å². The molecule has 0 aliphatic carbocycles. The fourth-order valence-electron chi connectivity index (χ4n) is 2.07. The van der Waals surface area contributed by atoms with Crippen molar-refractivity contribution in [3.8, 4) is 0 Å². The number of hydrogen-bond donors (Lipinski definition) is 2. The van der Waals surface area contributed by atoms with Gasteiger partial charge in [0.2, 0.25) is 0 Å². The Labute approximate surface area is 128 Å². The molecule has 1 rings (SSSR count). The number of amides is 1. The Morgan fingerprint density at radius 3 is 2.29 bits per heavy atom. The minimum absolute atomic E-state index is 0.0729. The molecule has 0 radical (unpaired) electrons. The third kappa shape index (κ3) is 6.27. The van der Waals surface area contributed by atoms with Crippen LogP contribution in [-0.2, 0) is 6.54 Å². The van der Waals surface area contributed by atoms with Crippen LogP contribution >= 0.6 is 0 Å². The molecule has 1 amide bonds. The molecule has 0 aromatic heterocycles. The van der Waals surface area contributed by atoms with Gasteiger partial charge in [-0.1, -0.05) is 19.1 Å². The zero-order valence-electron chi connectivity index (χ0n) is 13.9. The number of nitrogens with zero attached hydrogens (tertiary/aromatic N) is 1. The number of nitrogens with one attached hydrogen (secondary N) is 1. The van der Waals surface area contributed by atoms with E-state index in [0.717, 1.165) is 13.1 Å². The number of hydrogen-bond acceptors (Lipinski definition) is 3. The second kappa shape index (κ2) is 7.57. The lowest BCUT2D eigenvalue weighted by Gasteiger charge is -2.24. The van der Waals surface area contributed by atoms with Gasteiger partial charge in [0.15, 0.2) is 0 Å². The highest BCUT2D eigenvalue weighted by Gasteiger charge is 2.13. The van der Waals surface area contributed by atoms with Crippen molar-refractivity contribution in [3.63, 3.8) is 0 Å². The normalized spacial score (nSPS) is 12.0. The van der Waals surface area contributed by atoms with Crippen molar-refractivity contribution in [3.05, 3.63) is 35.4 Å². The second-order valence-electron chi connectivity index (χ2n) is 6.53.